The molecule has 0 bridgehead atoms. The Balaban J connectivity index is 1.80. The summed E-state index contributed by atoms with van der Waals surface area (Å²) in [7, 11) is 1.28. The first kappa shape index (κ1) is 19.0. The number of ether oxygens (including phenoxy) is 1. The molecule has 3 aromatic rings. The molecule has 1 aromatic heterocycles. The molecule has 0 aliphatic rings. The number of benzene rings is 2. The molecule has 6 nitrogen and oxygen atoms in total. The van der Waals surface area contributed by atoms with Gasteiger partial charge in [0.2, 0.25) is 0 Å². The van der Waals surface area contributed by atoms with Crippen molar-refractivity contribution in [2.24, 2.45) is 0 Å². The van der Waals surface area contributed by atoms with Gasteiger partial charge in [-0.15, -0.1) is 0 Å². The van der Waals surface area contributed by atoms with E-state index in [-0.39, 0.29) is 11.3 Å². The number of anilines is 3. The van der Waals surface area contributed by atoms with Crippen LogP contribution >= 0.6 is 0 Å². The minimum atomic E-state index is -1.06. The van der Waals surface area contributed by atoms with Crippen molar-refractivity contribution in [3.63, 3.8) is 0 Å². The lowest BCUT2D eigenvalue weighted by Gasteiger charge is -2.11. The summed E-state index contributed by atoms with van der Waals surface area (Å²) in [6, 6.07) is 11.3. The molecule has 0 saturated carbocycles. The Morgan fingerprint density at radius 2 is 1.75 bits per heavy atom. The van der Waals surface area contributed by atoms with Crippen molar-refractivity contribution in [1.29, 1.82) is 0 Å². The summed E-state index contributed by atoms with van der Waals surface area (Å²) < 4.78 is 31.0. The number of pyridine rings is 1. The normalized spacial score (nSPS) is 10.2. The zero-order valence-corrected chi connectivity index (χ0v) is 14.7. The molecule has 0 atom stereocenters. The number of para-hydroxylation sites is 1. The number of halogens is 2. The molecule has 1 heterocycles. The van der Waals surface area contributed by atoms with Gasteiger partial charge < -0.3 is 15.4 Å². The van der Waals surface area contributed by atoms with Crippen LogP contribution in [0.15, 0.2) is 60.9 Å². The van der Waals surface area contributed by atoms with Gasteiger partial charge in [-0.1, -0.05) is 12.1 Å². The van der Waals surface area contributed by atoms with E-state index >= 15 is 0 Å². The van der Waals surface area contributed by atoms with Crippen LogP contribution in [0.3, 0.4) is 0 Å². The molecule has 2 aromatic carbocycles. The molecule has 28 heavy (non-hydrogen) atoms. The Morgan fingerprint density at radius 1 is 0.964 bits per heavy atom. The molecular weight excluding hydrogens is 368 g/mol. The van der Waals surface area contributed by atoms with Crippen molar-refractivity contribution in [1.82, 2.24) is 4.98 Å². The lowest BCUT2D eigenvalue weighted by molar-refractivity contribution is 0.0601. The maximum absolute atomic E-state index is 13.3. The van der Waals surface area contributed by atoms with E-state index in [1.54, 1.807) is 24.3 Å². The zero-order valence-electron chi connectivity index (χ0n) is 14.7. The van der Waals surface area contributed by atoms with Gasteiger partial charge in [-0.2, -0.15) is 0 Å². The van der Waals surface area contributed by atoms with Gasteiger partial charge in [-0.25, -0.2) is 13.6 Å². The number of nitrogens with zero attached hydrogens (tertiary/aromatic N) is 1. The minimum Gasteiger partial charge on any atom is -0.465 e. The van der Waals surface area contributed by atoms with E-state index in [0.29, 0.717) is 16.9 Å². The van der Waals surface area contributed by atoms with Crippen LogP contribution in [0.4, 0.5) is 25.8 Å². The maximum atomic E-state index is 13.3. The summed E-state index contributed by atoms with van der Waals surface area (Å²) in [4.78, 5) is 28.2. The Kier molecular flexibility index (Phi) is 5.59. The van der Waals surface area contributed by atoms with Gasteiger partial charge in [-0.3, -0.25) is 9.78 Å². The molecule has 0 aliphatic carbocycles. The van der Waals surface area contributed by atoms with Crippen molar-refractivity contribution < 1.29 is 23.1 Å². The number of carbonyl (C=O) groups excluding carboxylic acids is 2. The molecule has 3 rings (SSSR count). The highest BCUT2D eigenvalue weighted by atomic mass is 19.2. The van der Waals surface area contributed by atoms with E-state index in [2.05, 4.69) is 15.6 Å². The second-order valence-corrected chi connectivity index (χ2v) is 5.71. The fourth-order valence-electron chi connectivity index (χ4n) is 2.45. The smallest absolute Gasteiger partial charge is 0.339 e. The van der Waals surface area contributed by atoms with Crippen molar-refractivity contribution >= 4 is 28.9 Å². The number of aromatic nitrogens is 1. The summed E-state index contributed by atoms with van der Waals surface area (Å²) in [5.41, 5.74) is 1.55. The summed E-state index contributed by atoms with van der Waals surface area (Å²) in [6.07, 6.45) is 2.80. The zero-order chi connectivity index (χ0) is 20.1. The van der Waals surface area contributed by atoms with E-state index in [4.69, 9.17) is 4.74 Å². The highest BCUT2D eigenvalue weighted by Gasteiger charge is 2.13. The SMILES string of the molecule is COC(=O)c1ccccc1Nc1cncc(C(=O)Nc2ccc(F)c(F)c2)c1. The fourth-order valence-corrected chi connectivity index (χ4v) is 2.45. The topological polar surface area (TPSA) is 80.3 Å². The van der Waals surface area contributed by atoms with Gasteiger partial charge in [0, 0.05) is 18.0 Å². The van der Waals surface area contributed by atoms with E-state index in [9.17, 15) is 18.4 Å². The number of hydrogen-bond acceptors (Lipinski definition) is 5. The third kappa shape index (κ3) is 4.29. The molecule has 1 amide bonds. The summed E-state index contributed by atoms with van der Waals surface area (Å²) >= 11 is 0. The Morgan fingerprint density at radius 3 is 2.50 bits per heavy atom. The average molecular weight is 383 g/mol. The molecule has 2 N–H and O–H groups in total. The first-order chi connectivity index (χ1) is 13.5. The van der Waals surface area contributed by atoms with Crippen molar-refractivity contribution in [2.75, 3.05) is 17.7 Å². The van der Waals surface area contributed by atoms with Crippen molar-refractivity contribution in [2.45, 2.75) is 0 Å². The highest BCUT2D eigenvalue weighted by Crippen LogP contribution is 2.22. The number of rotatable bonds is 5. The Bertz CT molecular complexity index is 1040. The first-order valence-electron chi connectivity index (χ1n) is 8.14. The van der Waals surface area contributed by atoms with Crippen molar-refractivity contribution in [3.8, 4) is 0 Å². The van der Waals surface area contributed by atoms with Crippen LogP contribution in [-0.4, -0.2) is 24.0 Å². The molecule has 0 aliphatic heterocycles. The molecule has 142 valence electrons. The number of methoxy groups -OCH3 is 1. The van der Waals surface area contributed by atoms with Gasteiger partial charge in [0.15, 0.2) is 11.6 Å². The van der Waals surface area contributed by atoms with Crippen LogP contribution in [-0.2, 0) is 4.74 Å². The van der Waals surface area contributed by atoms with Crippen LogP contribution in [0.2, 0.25) is 0 Å². The van der Waals surface area contributed by atoms with Crippen LogP contribution in [0.1, 0.15) is 20.7 Å². The molecule has 0 fully saturated rings. The molecule has 0 spiro atoms. The monoisotopic (exact) mass is 383 g/mol. The molecular formula is C20H15F2N3O3. The average Bonchev–Trinajstić information content (AvgIpc) is 2.71. The standard InChI is InChI=1S/C20H15F2N3O3/c1-28-20(27)15-4-2-3-5-18(15)24-14-8-12(10-23-11-14)19(26)25-13-6-7-16(21)17(22)9-13/h2-11,24H,1H3,(H,25,26). The number of nitrogens with one attached hydrogen (secondary N) is 2. The van der Waals surface area contributed by atoms with Gasteiger partial charge in [0.25, 0.3) is 5.91 Å². The second kappa shape index (κ2) is 8.26. The van der Waals surface area contributed by atoms with Gasteiger partial charge in [0.1, 0.15) is 0 Å². The van der Waals surface area contributed by atoms with Crippen LogP contribution in [0.5, 0.6) is 0 Å². The van der Waals surface area contributed by atoms with Gasteiger partial charge in [0.05, 0.1) is 35.8 Å². The van der Waals surface area contributed by atoms with Gasteiger partial charge in [-0.05, 0) is 30.3 Å². The van der Waals surface area contributed by atoms with Crippen molar-refractivity contribution in [3.05, 3.63) is 83.7 Å². The minimum absolute atomic E-state index is 0.110. The highest BCUT2D eigenvalue weighted by molar-refractivity contribution is 6.04. The van der Waals surface area contributed by atoms with Crippen LogP contribution in [0, 0.1) is 11.6 Å². The lowest BCUT2D eigenvalue weighted by Crippen LogP contribution is -2.13. The molecule has 0 unspecified atom stereocenters. The summed E-state index contributed by atoms with van der Waals surface area (Å²) in [6.45, 7) is 0. The predicted octanol–water partition coefficient (Wildman–Crippen LogP) is 4.14. The van der Waals surface area contributed by atoms with Gasteiger partial charge >= 0.3 is 5.97 Å². The summed E-state index contributed by atoms with van der Waals surface area (Å²) in [5.74, 6) is -3.13. The predicted molar refractivity (Wildman–Crippen MR) is 99.6 cm³/mol. The van der Waals surface area contributed by atoms with Crippen LogP contribution < -0.4 is 10.6 Å². The molecule has 0 saturated heterocycles. The first-order valence-corrected chi connectivity index (χ1v) is 8.14. The Hall–Kier alpha value is -3.81. The molecule has 8 heteroatoms. The maximum Gasteiger partial charge on any atom is 0.339 e. The van der Waals surface area contributed by atoms with Crippen LogP contribution in [0.25, 0.3) is 0 Å². The quantitative estimate of drug-likeness (QED) is 0.647. The number of carbonyl (C=O) groups is 2. The number of amides is 1. The largest absolute Gasteiger partial charge is 0.465 e. The number of esters is 1. The van der Waals surface area contributed by atoms with E-state index in [0.717, 1.165) is 12.1 Å². The lowest BCUT2D eigenvalue weighted by atomic mass is 10.1. The van der Waals surface area contributed by atoms with E-state index in [1.807, 2.05) is 0 Å². The fraction of sp³-hybridized carbons (Fsp3) is 0.0500. The number of hydrogen-bond donors (Lipinski definition) is 2. The van der Waals surface area contributed by atoms with E-state index < -0.39 is 23.5 Å². The molecule has 0 radical (unpaired) electrons. The van der Waals surface area contributed by atoms with E-state index in [1.165, 1.54) is 31.6 Å². The third-order valence-electron chi connectivity index (χ3n) is 3.79. The third-order valence-corrected chi connectivity index (χ3v) is 3.79. The summed E-state index contributed by atoms with van der Waals surface area (Å²) in [5, 5.41) is 5.48. The second-order valence-electron chi connectivity index (χ2n) is 5.71. The Labute approximate surface area is 159 Å².